The number of aromatic amines is 1. The molecule has 1 heterocycles. The number of aromatic nitrogens is 3. The van der Waals surface area contributed by atoms with Gasteiger partial charge >= 0.3 is 0 Å². The number of hydrogen-bond acceptors (Lipinski definition) is 3. The van der Waals surface area contributed by atoms with Gasteiger partial charge in [-0.05, 0) is 6.92 Å². The molecule has 0 fully saturated rings. The van der Waals surface area contributed by atoms with E-state index in [9.17, 15) is 0 Å². The van der Waals surface area contributed by atoms with Crippen molar-refractivity contribution in [1.82, 2.24) is 15.4 Å². The molecular formula is C4H5N3O. The highest BCUT2D eigenvalue weighted by Crippen LogP contribution is 1.95. The van der Waals surface area contributed by atoms with Crippen molar-refractivity contribution in [1.29, 1.82) is 0 Å². The molecule has 0 aliphatic heterocycles. The SMILES string of the molecule is [CH2]COc1[c][nH]nn1. The van der Waals surface area contributed by atoms with Gasteiger partial charge < -0.3 is 4.74 Å². The van der Waals surface area contributed by atoms with Gasteiger partial charge in [0.05, 0.1) is 6.61 Å². The third kappa shape index (κ3) is 0.959. The van der Waals surface area contributed by atoms with Crippen molar-refractivity contribution in [3.05, 3.63) is 13.1 Å². The van der Waals surface area contributed by atoms with Gasteiger partial charge in [0.2, 0.25) is 0 Å². The molecule has 1 aromatic heterocycles. The van der Waals surface area contributed by atoms with Crippen LogP contribution in [0.25, 0.3) is 0 Å². The molecule has 4 heteroatoms. The minimum absolute atomic E-state index is 0.350. The molecule has 42 valence electrons. The van der Waals surface area contributed by atoms with Crippen molar-refractivity contribution in [2.45, 2.75) is 0 Å². The van der Waals surface area contributed by atoms with E-state index in [-0.39, 0.29) is 0 Å². The maximum absolute atomic E-state index is 4.77. The minimum Gasteiger partial charge on any atom is -0.475 e. The van der Waals surface area contributed by atoms with Crippen LogP contribution in [0.2, 0.25) is 0 Å². The molecule has 1 N–H and O–H groups in total. The van der Waals surface area contributed by atoms with E-state index in [0.717, 1.165) is 0 Å². The second-order valence-electron chi connectivity index (χ2n) is 1.09. The smallest absolute Gasteiger partial charge is 0.263 e. The summed E-state index contributed by atoms with van der Waals surface area (Å²) in [4.78, 5) is 0. The van der Waals surface area contributed by atoms with E-state index in [0.29, 0.717) is 12.5 Å². The molecule has 0 bridgehead atoms. The van der Waals surface area contributed by atoms with Gasteiger partial charge in [-0.3, -0.25) is 5.10 Å². The quantitative estimate of drug-likeness (QED) is 0.575. The Morgan fingerprint density at radius 2 is 2.75 bits per heavy atom. The van der Waals surface area contributed by atoms with E-state index >= 15 is 0 Å². The van der Waals surface area contributed by atoms with Crippen LogP contribution in [0, 0.1) is 13.1 Å². The van der Waals surface area contributed by atoms with Crippen LogP contribution in [-0.2, 0) is 0 Å². The Labute approximate surface area is 46.9 Å². The standard InChI is InChI=1S/C4H5N3O/c1-2-8-4-3-5-7-6-4/h1-2H2,(H,5,6,7). The van der Waals surface area contributed by atoms with Gasteiger partial charge in [-0.15, -0.1) is 0 Å². The summed E-state index contributed by atoms with van der Waals surface area (Å²) in [5, 5.41) is 9.22. The maximum Gasteiger partial charge on any atom is 0.263 e. The van der Waals surface area contributed by atoms with Crippen LogP contribution in [0.15, 0.2) is 0 Å². The van der Waals surface area contributed by atoms with E-state index in [4.69, 9.17) is 4.74 Å². The van der Waals surface area contributed by atoms with E-state index in [1.165, 1.54) is 0 Å². The van der Waals surface area contributed by atoms with Gasteiger partial charge in [-0.1, -0.05) is 10.3 Å². The first-order chi connectivity index (χ1) is 3.93. The second kappa shape index (κ2) is 2.30. The van der Waals surface area contributed by atoms with Crippen LogP contribution in [0.1, 0.15) is 0 Å². The third-order valence-electron chi connectivity index (χ3n) is 0.592. The predicted octanol–water partition coefficient (Wildman–Crippen LogP) is -0.182. The summed E-state index contributed by atoms with van der Waals surface area (Å²) in [5.41, 5.74) is 0. The summed E-state index contributed by atoms with van der Waals surface area (Å²) in [5.74, 6) is 0.361. The second-order valence-corrected chi connectivity index (χ2v) is 1.09. The molecule has 0 aromatic carbocycles. The molecule has 0 saturated carbocycles. The zero-order valence-corrected chi connectivity index (χ0v) is 4.22. The molecule has 0 unspecified atom stereocenters. The molecule has 0 atom stereocenters. The van der Waals surface area contributed by atoms with E-state index in [1.807, 2.05) is 0 Å². The Morgan fingerprint density at radius 3 is 3.25 bits per heavy atom. The molecule has 2 radical (unpaired) electrons. The van der Waals surface area contributed by atoms with E-state index in [2.05, 4.69) is 28.5 Å². The van der Waals surface area contributed by atoms with Gasteiger partial charge in [-0.2, -0.15) is 0 Å². The molecule has 1 aromatic rings. The predicted molar refractivity (Wildman–Crippen MR) is 26.1 cm³/mol. The summed E-state index contributed by atoms with van der Waals surface area (Å²) in [6.07, 6.45) is 2.53. The van der Waals surface area contributed by atoms with Crippen molar-refractivity contribution >= 4 is 0 Å². The lowest BCUT2D eigenvalue weighted by Crippen LogP contribution is -1.90. The summed E-state index contributed by atoms with van der Waals surface area (Å²) in [7, 11) is 0. The highest BCUT2D eigenvalue weighted by molar-refractivity contribution is 4.94. The molecule has 0 saturated heterocycles. The minimum atomic E-state index is 0.350. The molecular weight excluding hydrogens is 106 g/mol. The zero-order chi connectivity index (χ0) is 5.82. The number of nitrogens with zero attached hydrogens (tertiary/aromatic N) is 2. The number of H-pyrrole nitrogens is 1. The number of hydrogen-bond donors (Lipinski definition) is 1. The van der Waals surface area contributed by atoms with Gasteiger partial charge in [-0.25, -0.2) is 0 Å². The summed E-state index contributed by atoms with van der Waals surface area (Å²) in [6.45, 7) is 3.79. The fourth-order valence-electron chi connectivity index (χ4n) is 0.330. The maximum atomic E-state index is 4.77. The summed E-state index contributed by atoms with van der Waals surface area (Å²) >= 11 is 0. The Morgan fingerprint density at radius 1 is 1.88 bits per heavy atom. The summed E-state index contributed by atoms with van der Waals surface area (Å²) < 4.78 is 4.77. The lowest BCUT2D eigenvalue weighted by atomic mass is 10.8. The Hall–Kier alpha value is -1.06. The normalized spacial score (nSPS) is 9.12. The van der Waals surface area contributed by atoms with Crippen LogP contribution in [0.3, 0.4) is 0 Å². The topological polar surface area (TPSA) is 50.8 Å². The first-order valence-electron chi connectivity index (χ1n) is 2.14. The van der Waals surface area contributed by atoms with Gasteiger partial charge in [0.25, 0.3) is 5.88 Å². The Bertz CT molecular complexity index is 137. The van der Waals surface area contributed by atoms with Crippen molar-refractivity contribution < 1.29 is 4.74 Å². The fourth-order valence-corrected chi connectivity index (χ4v) is 0.330. The van der Waals surface area contributed by atoms with E-state index < -0.39 is 0 Å². The molecule has 4 nitrogen and oxygen atoms in total. The van der Waals surface area contributed by atoms with Crippen LogP contribution < -0.4 is 4.74 Å². The van der Waals surface area contributed by atoms with Crippen molar-refractivity contribution in [2.24, 2.45) is 0 Å². The highest BCUT2D eigenvalue weighted by Gasteiger charge is 1.90. The van der Waals surface area contributed by atoms with Gasteiger partial charge in [0.1, 0.15) is 0 Å². The number of nitrogens with one attached hydrogen (secondary N) is 1. The molecule has 0 aliphatic rings. The van der Waals surface area contributed by atoms with Crippen molar-refractivity contribution in [3.63, 3.8) is 0 Å². The first kappa shape index (κ1) is 5.08. The largest absolute Gasteiger partial charge is 0.475 e. The third-order valence-corrected chi connectivity index (χ3v) is 0.592. The average Bonchev–Trinajstić information content (AvgIpc) is 2.19. The Kier molecular flexibility index (Phi) is 1.46. The molecule has 1 rings (SSSR count). The fraction of sp³-hybridized carbons (Fsp3) is 0.250. The molecule has 8 heavy (non-hydrogen) atoms. The van der Waals surface area contributed by atoms with Crippen molar-refractivity contribution in [2.75, 3.05) is 6.61 Å². The molecule has 0 aliphatic carbocycles. The highest BCUT2D eigenvalue weighted by atomic mass is 16.5. The molecule has 0 spiro atoms. The summed E-state index contributed by atoms with van der Waals surface area (Å²) in [6, 6.07) is 0. The number of ether oxygens (including phenoxy) is 1. The number of rotatable bonds is 2. The lowest BCUT2D eigenvalue weighted by Gasteiger charge is -1.90. The van der Waals surface area contributed by atoms with Crippen molar-refractivity contribution in [3.8, 4) is 5.88 Å². The van der Waals surface area contributed by atoms with Gasteiger partial charge in [0, 0.05) is 0 Å². The average molecular weight is 111 g/mol. The lowest BCUT2D eigenvalue weighted by molar-refractivity contribution is 0.345. The van der Waals surface area contributed by atoms with Crippen LogP contribution in [0.4, 0.5) is 0 Å². The van der Waals surface area contributed by atoms with Crippen LogP contribution >= 0.6 is 0 Å². The Balaban J connectivity index is 2.50. The van der Waals surface area contributed by atoms with Crippen LogP contribution in [0.5, 0.6) is 5.88 Å². The van der Waals surface area contributed by atoms with Crippen LogP contribution in [-0.4, -0.2) is 22.0 Å². The van der Waals surface area contributed by atoms with Gasteiger partial charge in [0.15, 0.2) is 6.20 Å². The monoisotopic (exact) mass is 111 g/mol. The zero-order valence-electron chi connectivity index (χ0n) is 4.22. The molecule has 0 amide bonds. The first-order valence-corrected chi connectivity index (χ1v) is 2.14. The van der Waals surface area contributed by atoms with E-state index in [1.54, 1.807) is 0 Å².